The first kappa shape index (κ1) is 15.6. The van der Waals surface area contributed by atoms with Gasteiger partial charge in [-0.3, -0.25) is 9.59 Å². The first-order valence-electron chi connectivity index (χ1n) is 8.79. The molecule has 0 N–H and O–H groups in total. The Hall–Kier alpha value is -1.88. The van der Waals surface area contributed by atoms with Gasteiger partial charge in [-0.05, 0) is 18.4 Å². The summed E-state index contributed by atoms with van der Waals surface area (Å²) < 4.78 is 5.36. The smallest absolute Gasteiger partial charge is 0.231 e. The van der Waals surface area contributed by atoms with E-state index < -0.39 is 5.41 Å². The normalized spacial score (nSPS) is 33.0. The van der Waals surface area contributed by atoms with Gasteiger partial charge in [0.2, 0.25) is 11.8 Å². The van der Waals surface area contributed by atoms with Crippen LogP contribution in [0.5, 0.6) is 0 Å². The zero-order chi connectivity index (χ0) is 16.7. The molecule has 5 heteroatoms. The average Bonchev–Trinajstić information content (AvgIpc) is 3.33. The minimum atomic E-state index is -0.453. The quantitative estimate of drug-likeness (QED) is 0.827. The van der Waals surface area contributed by atoms with Gasteiger partial charge in [0.05, 0.1) is 17.9 Å². The van der Waals surface area contributed by atoms with Crippen molar-refractivity contribution >= 4 is 11.8 Å². The summed E-state index contributed by atoms with van der Waals surface area (Å²) in [4.78, 5) is 29.5. The molecule has 1 spiro atoms. The minimum Gasteiger partial charge on any atom is -0.381 e. The molecule has 0 bridgehead atoms. The molecular weight excluding hydrogens is 304 g/mol. The predicted molar refractivity (Wildman–Crippen MR) is 89.4 cm³/mol. The summed E-state index contributed by atoms with van der Waals surface area (Å²) in [5.74, 6) is 0.492. The SMILES string of the molecule is CN1CC(c2ccccc2)C2(CCN(C(=O)C3CCOC3)C2)C1=O. The number of hydrogen-bond donors (Lipinski definition) is 0. The molecule has 1 aromatic carbocycles. The van der Waals surface area contributed by atoms with E-state index in [0.29, 0.717) is 26.3 Å². The zero-order valence-electron chi connectivity index (χ0n) is 14.1. The molecule has 3 aliphatic rings. The van der Waals surface area contributed by atoms with E-state index in [1.807, 2.05) is 35.0 Å². The standard InChI is InChI=1S/C19H24N2O3/c1-20-11-16(14-5-3-2-4-6-14)19(18(20)23)8-9-21(13-19)17(22)15-7-10-24-12-15/h2-6,15-16H,7-13H2,1H3. The molecule has 0 radical (unpaired) electrons. The summed E-state index contributed by atoms with van der Waals surface area (Å²) in [6, 6.07) is 10.3. The Kier molecular flexibility index (Phi) is 3.83. The predicted octanol–water partition coefficient (Wildman–Crippen LogP) is 1.50. The summed E-state index contributed by atoms with van der Waals surface area (Å²) >= 11 is 0. The molecule has 24 heavy (non-hydrogen) atoms. The van der Waals surface area contributed by atoms with Crippen molar-refractivity contribution in [1.82, 2.24) is 9.80 Å². The second-order valence-electron chi connectivity index (χ2n) is 7.38. The third-order valence-electron chi connectivity index (χ3n) is 5.99. The van der Waals surface area contributed by atoms with E-state index in [2.05, 4.69) is 12.1 Å². The second kappa shape index (κ2) is 5.88. The monoisotopic (exact) mass is 328 g/mol. The van der Waals surface area contributed by atoms with Gasteiger partial charge in [0.25, 0.3) is 0 Å². The van der Waals surface area contributed by atoms with Crippen molar-refractivity contribution in [2.75, 3.05) is 39.9 Å². The molecule has 0 saturated carbocycles. The van der Waals surface area contributed by atoms with Crippen molar-refractivity contribution < 1.29 is 14.3 Å². The third kappa shape index (κ3) is 2.34. The number of ether oxygens (including phenoxy) is 1. The van der Waals surface area contributed by atoms with E-state index >= 15 is 0 Å². The topological polar surface area (TPSA) is 49.9 Å². The molecule has 128 valence electrons. The van der Waals surface area contributed by atoms with Gasteiger partial charge < -0.3 is 14.5 Å². The van der Waals surface area contributed by atoms with Gasteiger partial charge in [-0.25, -0.2) is 0 Å². The number of hydrogen-bond acceptors (Lipinski definition) is 3. The van der Waals surface area contributed by atoms with Crippen LogP contribution in [-0.4, -0.2) is 61.5 Å². The summed E-state index contributed by atoms with van der Waals surface area (Å²) in [5, 5.41) is 0. The molecule has 3 unspecified atom stereocenters. The first-order valence-corrected chi connectivity index (χ1v) is 8.79. The number of likely N-dealkylation sites (N-methyl/N-ethyl adjacent to an activating group) is 1. The summed E-state index contributed by atoms with van der Waals surface area (Å²) in [6.45, 7) is 3.16. The highest BCUT2D eigenvalue weighted by molar-refractivity contribution is 5.89. The summed E-state index contributed by atoms with van der Waals surface area (Å²) in [5.41, 5.74) is 0.749. The van der Waals surface area contributed by atoms with E-state index in [1.54, 1.807) is 0 Å². The number of rotatable bonds is 2. The molecule has 5 nitrogen and oxygen atoms in total. The van der Waals surface area contributed by atoms with Crippen LogP contribution in [0.4, 0.5) is 0 Å². The lowest BCUT2D eigenvalue weighted by Crippen LogP contribution is -2.41. The Morgan fingerprint density at radius 3 is 2.79 bits per heavy atom. The lowest BCUT2D eigenvalue weighted by atomic mass is 9.73. The van der Waals surface area contributed by atoms with Crippen LogP contribution in [0.3, 0.4) is 0 Å². The fourth-order valence-electron chi connectivity index (χ4n) is 4.64. The molecular formula is C19H24N2O3. The Labute approximate surface area is 142 Å². The largest absolute Gasteiger partial charge is 0.381 e. The molecule has 3 heterocycles. The van der Waals surface area contributed by atoms with Crippen molar-refractivity contribution in [2.24, 2.45) is 11.3 Å². The van der Waals surface area contributed by atoms with E-state index in [9.17, 15) is 9.59 Å². The van der Waals surface area contributed by atoms with Crippen molar-refractivity contribution in [3.05, 3.63) is 35.9 Å². The molecule has 3 aliphatic heterocycles. The lowest BCUT2D eigenvalue weighted by Gasteiger charge is -2.29. The van der Waals surface area contributed by atoms with Gasteiger partial charge in [0, 0.05) is 39.2 Å². The Balaban J connectivity index is 1.60. The van der Waals surface area contributed by atoms with E-state index in [0.717, 1.165) is 19.4 Å². The highest BCUT2D eigenvalue weighted by Gasteiger charge is 2.57. The number of amides is 2. The number of likely N-dealkylation sites (tertiary alicyclic amines) is 2. The van der Waals surface area contributed by atoms with Crippen LogP contribution in [0.15, 0.2) is 30.3 Å². The van der Waals surface area contributed by atoms with Crippen molar-refractivity contribution in [3.63, 3.8) is 0 Å². The van der Waals surface area contributed by atoms with Crippen LogP contribution in [0.1, 0.15) is 24.3 Å². The Morgan fingerprint density at radius 1 is 1.29 bits per heavy atom. The fraction of sp³-hybridized carbons (Fsp3) is 0.579. The van der Waals surface area contributed by atoms with Gasteiger partial charge in [-0.15, -0.1) is 0 Å². The van der Waals surface area contributed by atoms with Gasteiger partial charge in [-0.2, -0.15) is 0 Å². The number of carbonyl (C=O) groups is 2. The molecule has 3 fully saturated rings. The van der Waals surface area contributed by atoms with Crippen molar-refractivity contribution in [3.8, 4) is 0 Å². The first-order chi connectivity index (χ1) is 11.6. The van der Waals surface area contributed by atoms with Gasteiger partial charge >= 0.3 is 0 Å². The van der Waals surface area contributed by atoms with Crippen LogP contribution in [0.2, 0.25) is 0 Å². The number of carbonyl (C=O) groups excluding carboxylic acids is 2. The number of nitrogens with zero attached hydrogens (tertiary/aromatic N) is 2. The van der Waals surface area contributed by atoms with Crippen LogP contribution >= 0.6 is 0 Å². The summed E-state index contributed by atoms with van der Waals surface area (Å²) in [6.07, 6.45) is 1.56. The van der Waals surface area contributed by atoms with E-state index in [-0.39, 0.29) is 23.7 Å². The highest BCUT2D eigenvalue weighted by atomic mass is 16.5. The van der Waals surface area contributed by atoms with E-state index in [1.165, 1.54) is 5.56 Å². The lowest BCUT2D eigenvalue weighted by molar-refractivity contribution is -0.137. The van der Waals surface area contributed by atoms with Crippen LogP contribution in [0.25, 0.3) is 0 Å². The minimum absolute atomic E-state index is 0.0236. The molecule has 2 amide bonds. The van der Waals surface area contributed by atoms with Crippen LogP contribution in [-0.2, 0) is 14.3 Å². The molecule has 1 aromatic rings. The molecule has 4 rings (SSSR count). The molecule has 3 atom stereocenters. The second-order valence-corrected chi connectivity index (χ2v) is 7.38. The van der Waals surface area contributed by atoms with Gasteiger partial charge in [0.1, 0.15) is 0 Å². The Bertz CT molecular complexity index is 641. The highest BCUT2D eigenvalue weighted by Crippen LogP contribution is 2.49. The average molecular weight is 328 g/mol. The van der Waals surface area contributed by atoms with Crippen LogP contribution < -0.4 is 0 Å². The van der Waals surface area contributed by atoms with Crippen LogP contribution in [0, 0.1) is 11.3 Å². The maximum absolute atomic E-state index is 13.0. The molecule has 0 aromatic heterocycles. The fourth-order valence-corrected chi connectivity index (χ4v) is 4.64. The Morgan fingerprint density at radius 2 is 2.08 bits per heavy atom. The number of benzene rings is 1. The maximum Gasteiger partial charge on any atom is 0.231 e. The van der Waals surface area contributed by atoms with Crippen molar-refractivity contribution in [2.45, 2.75) is 18.8 Å². The van der Waals surface area contributed by atoms with Crippen molar-refractivity contribution in [1.29, 1.82) is 0 Å². The third-order valence-corrected chi connectivity index (χ3v) is 5.99. The maximum atomic E-state index is 13.0. The molecule has 3 saturated heterocycles. The van der Waals surface area contributed by atoms with Gasteiger partial charge in [-0.1, -0.05) is 30.3 Å². The van der Waals surface area contributed by atoms with Gasteiger partial charge in [0.15, 0.2) is 0 Å². The zero-order valence-corrected chi connectivity index (χ0v) is 14.1. The van der Waals surface area contributed by atoms with E-state index in [4.69, 9.17) is 4.74 Å². The summed E-state index contributed by atoms with van der Waals surface area (Å²) in [7, 11) is 1.88. The molecule has 0 aliphatic carbocycles.